The van der Waals surface area contributed by atoms with Gasteiger partial charge in [-0.3, -0.25) is 4.98 Å². The van der Waals surface area contributed by atoms with Crippen LogP contribution in [0.3, 0.4) is 0 Å². The quantitative estimate of drug-likeness (QED) is 0.184. The Balaban J connectivity index is 0.00000400. The van der Waals surface area contributed by atoms with E-state index in [2.05, 4.69) is 88.6 Å². The molecule has 42 heavy (non-hydrogen) atoms. The number of hydrogen-bond acceptors (Lipinski definition) is 3. The molecule has 0 fully saturated rings. The van der Waals surface area contributed by atoms with Crippen molar-refractivity contribution in [3.63, 3.8) is 0 Å². The SMILES string of the molecule is [2H]C([2H])([2H])c1cccc(-c2[c-]c3c(cc2)c2ccccc2n3-c2cc(C(C)(C)C)cc(-c3cc(C(C)(C)C)ccn3)n2)c1O.[Pt]. The van der Waals surface area contributed by atoms with Gasteiger partial charge in [-0.05, 0) is 75.6 Å². The Hall–Kier alpha value is -3.75. The van der Waals surface area contributed by atoms with E-state index >= 15 is 0 Å². The molecular weight excluding hydrogens is 698 g/mol. The van der Waals surface area contributed by atoms with Gasteiger partial charge < -0.3 is 9.67 Å². The maximum absolute atomic E-state index is 11.0. The van der Waals surface area contributed by atoms with E-state index < -0.39 is 6.85 Å². The first kappa shape index (κ1) is 25.9. The summed E-state index contributed by atoms with van der Waals surface area (Å²) >= 11 is 0. The molecule has 4 nitrogen and oxygen atoms in total. The van der Waals surface area contributed by atoms with Crippen LogP contribution in [0.4, 0.5) is 0 Å². The first-order valence-corrected chi connectivity index (χ1v) is 13.9. The summed E-state index contributed by atoms with van der Waals surface area (Å²) in [5.74, 6) is 0.473. The fraction of sp³-hybridized carbons (Fsp3) is 0.243. The summed E-state index contributed by atoms with van der Waals surface area (Å²) in [6.07, 6.45) is 1.85. The molecule has 216 valence electrons. The molecule has 0 spiro atoms. The van der Waals surface area contributed by atoms with Gasteiger partial charge in [-0.1, -0.05) is 88.9 Å². The smallest absolute Gasteiger partial charge is 0.137 e. The van der Waals surface area contributed by atoms with E-state index in [1.807, 2.05) is 30.5 Å². The van der Waals surface area contributed by atoms with Gasteiger partial charge >= 0.3 is 0 Å². The van der Waals surface area contributed by atoms with Crippen LogP contribution < -0.4 is 0 Å². The van der Waals surface area contributed by atoms with Gasteiger partial charge in [0.2, 0.25) is 0 Å². The third-order valence-corrected chi connectivity index (χ3v) is 7.71. The van der Waals surface area contributed by atoms with Crippen LogP contribution in [0.1, 0.15) is 62.3 Å². The molecule has 0 atom stereocenters. The number of benzene rings is 3. The van der Waals surface area contributed by atoms with E-state index in [-0.39, 0.29) is 43.2 Å². The fourth-order valence-electron chi connectivity index (χ4n) is 5.28. The third-order valence-electron chi connectivity index (χ3n) is 7.71. The maximum atomic E-state index is 11.0. The molecule has 0 amide bonds. The molecule has 6 aromatic rings. The number of nitrogens with zero attached hydrogens (tertiary/aromatic N) is 3. The minimum atomic E-state index is -2.44. The number of aryl methyl sites for hydroxylation is 1. The molecule has 1 N–H and O–H groups in total. The average Bonchev–Trinajstić information content (AvgIpc) is 3.29. The van der Waals surface area contributed by atoms with Gasteiger partial charge in [0.15, 0.2) is 0 Å². The Labute approximate surface area is 267 Å². The van der Waals surface area contributed by atoms with Gasteiger partial charge in [0, 0.05) is 36.9 Å². The standard InChI is InChI=1S/C37H36N3O.Pt/c1-23-11-10-13-27(35(23)41)24-15-16-29-28-12-8-9-14-32(28)40(33(29)19-24)34-22-26(37(5,6)7)21-31(39-34)30-20-25(17-18-38-30)36(2,3)4;/h8-18,20-22,41H,1-7H3;/q-1;/i1D3;. The largest absolute Gasteiger partial charge is 0.517 e. The zero-order valence-electron chi connectivity index (χ0n) is 27.7. The zero-order valence-corrected chi connectivity index (χ0v) is 27.0. The minimum Gasteiger partial charge on any atom is -0.517 e. The fourth-order valence-corrected chi connectivity index (χ4v) is 5.28. The van der Waals surface area contributed by atoms with Crippen molar-refractivity contribution in [1.29, 1.82) is 0 Å². The number of phenolic OH excluding ortho intramolecular Hbond substituents is 1. The number of hydrogen-bond donors (Lipinski definition) is 1. The van der Waals surface area contributed by atoms with Crippen LogP contribution in [0.5, 0.6) is 5.75 Å². The number of rotatable bonds is 3. The Kier molecular flexibility index (Phi) is 6.68. The van der Waals surface area contributed by atoms with Crippen molar-refractivity contribution in [2.24, 2.45) is 0 Å². The monoisotopic (exact) mass is 736 g/mol. The van der Waals surface area contributed by atoms with Crippen molar-refractivity contribution >= 4 is 21.8 Å². The van der Waals surface area contributed by atoms with Gasteiger partial charge in [-0.15, -0.1) is 23.8 Å². The Morgan fingerprint density at radius 3 is 2.26 bits per heavy atom. The van der Waals surface area contributed by atoms with E-state index in [0.29, 0.717) is 11.1 Å². The predicted molar refractivity (Wildman–Crippen MR) is 170 cm³/mol. The maximum Gasteiger partial charge on any atom is 0.137 e. The van der Waals surface area contributed by atoms with Crippen LogP contribution in [0.15, 0.2) is 85.1 Å². The predicted octanol–water partition coefficient (Wildman–Crippen LogP) is 9.31. The molecule has 0 radical (unpaired) electrons. The van der Waals surface area contributed by atoms with Crippen LogP contribution in [-0.2, 0) is 31.9 Å². The van der Waals surface area contributed by atoms with Gasteiger partial charge in [-0.2, -0.15) is 0 Å². The Morgan fingerprint density at radius 2 is 1.52 bits per heavy atom. The first-order valence-electron chi connectivity index (χ1n) is 15.4. The Bertz CT molecular complexity index is 2050. The second-order valence-corrected chi connectivity index (χ2v) is 12.7. The molecule has 0 unspecified atom stereocenters. The normalized spacial score (nSPS) is 13.4. The minimum absolute atomic E-state index is 0. The molecule has 0 aliphatic heterocycles. The van der Waals surface area contributed by atoms with Crippen LogP contribution in [-0.4, -0.2) is 19.6 Å². The van der Waals surface area contributed by atoms with Crippen molar-refractivity contribution in [3.05, 3.63) is 108 Å². The molecular formula is C37H36N3OPt-. The molecule has 0 aliphatic rings. The number of aromatic hydroxyl groups is 1. The number of pyridine rings is 2. The van der Waals surface area contributed by atoms with E-state index in [9.17, 15) is 5.11 Å². The van der Waals surface area contributed by atoms with Crippen molar-refractivity contribution < 1.29 is 30.3 Å². The topological polar surface area (TPSA) is 50.9 Å². The summed E-state index contributed by atoms with van der Waals surface area (Å²) in [7, 11) is 0. The summed E-state index contributed by atoms with van der Waals surface area (Å²) in [6, 6.07) is 28.8. The average molecular weight is 737 g/mol. The first-order chi connectivity index (χ1) is 20.6. The molecule has 3 aromatic carbocycles. The summed E-state index contributed by atoms with van der Waals surface area (Å²) in [4.78, 5) is 9.94. The van der Waals surface area contributed by atoms with Crippen molar-refractivity contribution in [3.8, 4) is 34.1 Å². The number of fused-ring (bicyclic) bond motifs is 3. The third kappa shape index (κ3) is 5.29. The summed E-state index contributed by atoms with van der Waals surface area (Å²) in [6.45, 7) is 10.7. The van der Waals surface area contributed by atoms with Crippen molar-refractivity contribution in [2.45, 2.75) is 59.2 Å². The van der Waals surface area contributed by atoms with Crippen molar-refractivity contribution in [1.82, 2.24) is 14.5 Å². The second-order valence-electron chi connectivity index (χ2n) is 12.7. The molecule has 3 aromatic heterocycles. The molecule has 5 heteroatoms. The van der Waals surface area contributed by atoms with E-state index in [1.165, 1.54) is 11.6 Å². The van der Waals surface area contributed by atoms with Crippen LogP contribution in [0.25, 0.3) is 50.1 Å². The van der Waals surface area contributed by atoms with Crippen molar-refractivity contribution in [2.75, 3.05) is 0 Å². The number of phenols is 1. The molecule has 0 saturated heterocycles. The summed E-state index contributed by atoms with van der Waals surface area (Å²) < 4.78 is 25.7. The van der Waals surface area contributed by atoms with Crippen LogP contribution >= 0.6 is 0 Å². The van der Waals surface area contributed by atoms with Gasteiger partial charge in [0.05, 0.1) is 17.1 Å². The van der Waals surface area contributed by atoms with Crippen LogP contribution in [0, 0.1) is 12.9 Å². The summed E-state index contributed by atoms with van der Waals surface area (Å²) in [5, 5.41) is 13.1. The molecule has 0 saturated carbocycles. The Morgan fingerprint density at radius 1 is 0.786 bits per heavy atom. The zero-order chi connectivity index (χ0) is 31.6. The van der Waals surface area contributed by atoms with E-state index in [1.54, 1.807) is 12.1 Å². The molecule has 3 heterocycles. The molecule has 0 aliphatic carbocycles. The number of para-hydroxylation sites is 2. The van der Waals surface area contributed by atoms with Gasteiger partial charge in [-0.25, -0.2) is 4.98 Å². The second kappa shape index (κ2) is 10.8. The molecule has 0 bridgehead atoms. The van der Waals surface area contributed by atoms with E-state index in [0.717, 1.165) is 44.6 Å². The van der Waals surface area contributed by atoms with Gasteiger partial charge in [0.1, 0.15) is 5.82 Å². The summed E-state index contributed by atoms with van der Waals surface area (Å²) in [5.41, 5.74) is 6.36. The van der Waals surface area contributed by atoms with E-state index in [4.69, 9.17) is 14.1 Å². The van der Waals surface area contributed by atoms with Crippen LogP contribution in [0.2, 0.25) is 0 Å². The van der Waals surface area contributed by atoms with Gasteiger partial charge in [0.25, 0.3) is 0 Å². The molecule has 6 rings (SSSR count). The number of aromatic nitrogens is 3.